The van der Waals surface area contributed by atoms with Crippen molar-refractivity contribution in [2.45, 2.75) is 32.4 Å². The summed E-state index contributed by atoms with van der Waals surface area (Å²) in [5.74, 6) is 0.969. The maximum absolute atomic E-state index is 5.42. The summed E-state index contributed by atoms with van der Waals surface area (Å²) < 4.78 is 7.65. The highest BCUT2D eigenvalue weighted by atomic mass is 16.5. The SMILES string of the molecule is COc1ccccc1CC(C)NCCCn1cnc2ccccc21. The molecule has 24 heavy (non-hydrogen) atoms. The molecule has 1 heterocycles. The van der Waals surface area contributed by atoms with Crippen LogP contribution in [0.3, 0.4) is 0 Å². The number of fused-ring (bicyclic) bond motifs is 1. The van der Waals surface area contributed by atoms with Crippen LogP contribution in [0, 0.1) is 0 Å². The minimum absolute atomic E-state index is 0.417. The van der Waals surface area contributed by atoms with Crippen molar-refractivity contribution in [1.29, 1.82) is 0 Å². The third-order valence-corrected chi connectivity index (χ3v) is 4.31. The minimum atomic E-state index is 0.417. The van der Waals surface area contributed by atoms with Crippen LogP contribution >= 0.6 is 0 Å². The maximum Gasteiger partial charge on any atom is 0.122 e. The van der Waals surface area contributed by atoms with Crippen LogP contribution in [0.1, 0.15) is 18.9 Å². The monoisotopic (exact) mass is 323 g/mol. The van der Waals surface area contributed by atoms with Crippen LogP contribution < -0.4 is 10.1 Å². The third-order valence-electron chi connectivity index (χ3n) is 4.31. The highest BCUT2D eigenvalue weighted by molar-refractivity contribution is 5.74. The van der Waals surface area contributed by atoms with Gasteiger partial charge < -0.3 is 14.6 Å². The van der Waals surface area contributed by atoms with Gasteiger partial charge in [-0.1, -0.05) is 30.3 Å². The predicted octanol–water partition coefficient (Wildman–Crippen LogP) is 3.66. The molecule has 0 spiro atoms. The van der Waals surface area contributed by atoms with E-state index >= 15 is 0 Å². The lowest BCUT2D eigenvalue weighted by Gasteiger charge is -2.16. The van der Waals surface area contributed by atoms with Gasteiger partial charge in [-0.25, -0.2) is 4.98 Å². The average Bonchev–Trinajstić information content (AvgIpc) is 3.02. The molecule has 0 aliphatic carbocycles. The molecule has 0 radical (unpaired) electrons. The number of benzene rings is 2. The van der Waals surface area contributed by atoms with Gasteiger partial charge in [0.15, 0.2) is 0 Å². The summed E-state index contributed by atoms with van der Waals surface area (Å²) in [5, 5.41) is 3.60. The van der Waals surface area contributed by atoms with Crippen molar-refractivity contribution in [3.63, 3.8) is 0 Å². The second-order valence-corrected chi connectivity index (χ2v) is 6.15. The maximum atomic E-state index is 5.42. The number of hydrogen-bond donors (Lipinski definition) is 1. The van der Waals surface area contributed by atoms with E-state index in [2.05, 4.69) is 52.1 Å². The molecule has 1 unspecified atom stereocenters. The van der Waals surface area contributed by atoms with Crippen LogP contribution in [-0.4, -0.2) is 29.2 Å². The Kier molecular flexibility index (Phi) is 5.49. The zero-order valence-electron chi connectivity index (χ0n) is 14.4. The number of aromatic nitrogens is 2. The van der Waals surface area contributed by atoms with Crippen LogP contribution in [0.25, 0.3) is 11.0 Å². The van der Waals surface area contributed by atoms with Crippen molar-refractivity contribution in [1.82, 2.24) is 14.9 Å². The third kappa shape index (κ3) is 3.95. The van der Waals surface area contributed by atoms with Crippen LogP contribution in [0.4, 0.5) is 0 Å². The van der Waals surface area contributed by atoms with Crippen LogP contribution in [-0.2, 0) is 13.0 Å². The topological polar surface area (TPSA) is 39.1 Å². The minimum Gasteiger partial charge on any atom is -0.496 e. The number of aryl methyl sites for hydroxylation is 1. The number of nitrogens with zero attached hydrogens (tertiary/aromatic N) is 2. The highest BCUT2D eigenvalue weighted by Crippen LogP contribution is 2.18. The number of methoxy groups -OCH3 is 1. The van der Waals surface area contributed by atoms with Crippen molar-refractivity contribution in [2.24, 2.45) is 0 Å². The lowest BCUT2D eigenvalue weighted by molar-refractivity contribution is 0.405. The lowest BCUT2D eigenvalue weighted by atomic mass is 10.1. The number of ether oxygens (including phenoxy) is 1. The fourth-order valence-corrected chi connectivity index (χ4v) is 3.06. The fourth-order valence-electron chi connectivity index (χ4n) is 3.06. The highest BCUT2D eigenvalue weighted by Gasteiger charge is 2.07. The Bertz CT molecular complexity index is 781. The summed E-state index contributed by atoms with van der Waals surface area (Å²) in [5.41, 5.74) is 3.52. The van der Waals surface area contributed by atoms with Crippen molar-refractivity contribution in [3.8, 4) is 5.75 Å². The number of rotatable bonds is 8. The Balaban J connectivity index is 1.46. The molecule has 4 heteroatoms. The molecule has 0 fully saturated rings. The van der Waals surface area contributed by atoms with E-state index in [1.165, 1.54) is 11.1 Å². The van der Waals surface area contributed by atoms with Crippen molar-refractivity contribution < 1.29 is 4.74 Å². The van der Waals surface area contributed by atoms with E-state index in [4.69, 9.17) is 4.74 Å². The predicted molar refractivity (Wildman–Crippen MR) is 98.5 cm³/mol. The Morgan fingerprint density at radius 2 is 1.92 bits per heavy atom. The zero-order chi connectivity index (χ0) is 16.8. The summed E-state index contributed by atoms with van der Waals surface area (Å²) >= 11 is 0. The molecule has 1 N–H and O–H groups in total. The molecule has 0 aliphatic heterocycles. The second kappa shape index (κ2) is 7.97. The molecule has 0 saturated carbocycles. The molecule has 3 rings (SSSR count). The zero-order valence-corrected chi connectivity index (χ0v) is 14.4. The Labute approximate surface area is 143 Å². The molecule has 0 amide bonds. The van der Waals surface area contributed by atoms with E-state index in [9.17, 15) is 0 Å². The lowest BCUT2D eigenvalue weighted by Crippen LogP contribution is -2.29. The molecular formula is C20H25N3O. The van der Waals surface area contributed by atoms with E-state index in [0.29, 0.717) is 6.04 Å². The number of nitrogens with one attached hydrogen (secondary N) is 1. The van der Waals surface area contributed by atoms with Gasteiger partial charge in [-0.3, -0.25) is 0 Å². The Morgan fingerprint density at radius 1 is 1.12 bits per heavy atom. The van der Waals surface area contributed by atoms with Crippen LogP contribution in [0.2, 0.25) is 0 Å². The first-order chi connectivity index (χ1) is 11.8. The van der Waals surface area contributed by atoms with Gasteiger partial charge in [0.1, 0.15) is 5.75 Å². The quantitative estimate of drug-likeness (QED) is 0.643. The van der Waals surface area contributed by atoms with Crippen LogP contribution in [0.5, 0.6) is 5.75 Å². The summed E-state index contributed by atoms with van der Waals surface area (Å²) in [6.07, 6.45) is 3.98. The van der Waals surface area contributed by atoms with Gasteiger partial charge in [0.25, 0.3) is 0 Å². The molecule has 126 valence electrons. The molecule has 1 aromatic heterocycles. The van der Waals surface area contributed by atoms with Crippen LogP contribution in [0.15, 0.2) is 54.9 Å². The molecule has 0 bridgehead atoms. The van der Waals surface area contributed by atoms with Crippen molar-refractivity contribution in [3.05, 3.63) is 60.4 Å². The van der Waals surface area contributed by atoms with Gasteiger partial charge >= 0.3 is 0 Å². The van der Waals surface area contributed by atoms with Gasteiger partial charge in [0, 0.05) is 12.6 Å². The largest absolute Gasteiger partial charge is 0.496 e. The molecule has 3 aromatic rings. The summed E-state index contributed by atoms with van der Waals surface area (Å²) in [6.45, 7) is 4.19. The smallest absolute Gasteiger partial charge is 0.122 e. The molecule has 0 aliphatic rings. The van der Waals surface area contributed by atoms with E-state index < -0.39 is 0 Å². The normalized spacial score (nSPS) is 12.4. The van der Waals surface area contributed by atoms with Gasteiger partial charge in [0.05, 0.1) is 24.5 Å². The van der Waals surface area contributed by atoms with E-state index in [1.54, 1.807) is 7.11 Å². The van der Waals surface area contributed by atoms with Crippen molar-refractivity contribution in [2.75, 3.05) is 13.7 Å². The first-order valence-corrected chi connectivity index (χ1v) is 8.53. The summed E-state index contributed by atoms with van der Waals surface area (Å²) in [7, 11) is 1.73. The number of para-hydroxylation sites is 3. The van der Waals surface area contributed by atoms with Crippen molar-refractivity contribution >= 4 is 11.0 Å². The molecular weight excluding hydrogens is 298 g/mol. The molecule has 4 nitrogen and oxygen atoms in total. The first-order valence-electron chi connectivity index (χ1n) is 8.53. The van der Waals surface area contributed by atoms with Gasteiger partial charge in [-0.2, -0.15) is 0 Å². The van der Waals surface area contributed by atoms with Gasteiger partial charge in [-0.15, -0.1) is 0 Å². The number of imidazole rings is 1. The summed E-state index contributed by atoms with van der Waals surface area (Å²) in [4.78, 5) is 4.44. The Morgan fingerprint density at radius 3 is 2.79 bits per heavy atom. The number of hydrogen-bond acceptors (Lipinski definition) is 3. The van der Waals surface area contributed by atoms with E-state index in [1.807, 2.05) is 24.5 Å². The van der Waals surface area contributed by atoms with E-state index in [0.717, 1.165) is 37.2 Å². The molecule has 1 atom stereocenters. The fraction of sp³-hybridized carbons (Fsp3) is 0.350. The molecule has 0 saturated heterocycles. The van der Waals surface area contributed by atoms with Gasteiger partial charge in [-0.05, 0) is 50.1 Å². The molecule has 2 aromatic carbocycles. The average molecular weight is 323 g/mol. The second-order valence-electron chi connectivity index (χ2n) is 6.15. The van der Waals surface area contributed by atoms with E-state index in [-0.39, 0.29) is 0 Å². The standard InChI is InChI=1S/C20H25N3O/c1-16(14-17-8-3-6-11-20(17)24-2)21-12-7-13-23-15-22-18-9-4-5-10-19(18)23/h3-6,8-11,15-16,21H,7,12-14H2,1-2H3. The first kappa shape index (κ1) is 16.5. The van der Waals surface area contributed by atoms with Gasteiger partial charge in [0.2, 0.25) is 0 Å². The summed E-state index contributed by atoms with van der Waals surface area (Å²) in [6, 6.07) is 16.9. The Hall–Kier alpha value is -2.33.